The highest BCUT2D eigenvalue weighted by atomic mass is 32.1. The molecule has 4 heteroatoms. The molecular formula is C14H16N2S2. The van der Waals surface area contributed by atoms with Crippen molar-refractivity contribution >= 4 is 22.7 Å². The predicted octanol–water partition coefficient (Wildman–Crippen LogP) is 3.78. The topological polar surface area (TPSA) is 24.9 Å². The minimum atomic E-state index is 0.511. The highest BCUT2D eigenvalue weighted by Gasteiger charge is 2.25. The number of nitrogens with zero attached hydrogens (tertiary/aromatic N) is 1. The molecule has 4 rings (SSSR count). The van der Waals surface area contributed by atoms with Gasteiger partial charge in [-0.2, -0.15) is 0 Å². The maximum absolute atomic E-state index is 4.95. The molecule has 1 unspecified atom stereocenters. The second-order valence-electron chi connectivity index (χ2n) is 5.08. The van der Waals surface area contributed by atoms with Gasteiger partial charge in [0.1, 0.15) is 5.01 Å². The van der Waals surface area contributed by atoms with E-state index >= 15 is 0 Å². The van der Waals surface area contributed by atoms with Gasteiger partial charge in [0, 0.05) is 15.3 Å². The quantitative estimate of drug-likeness (QED) is 0.857. The van der Waals surface area contributed by atoms with Crippen LogP contribution in [0.5, 0.6) is 0 Å². The van der Waals surface area contributed by atoms with Gasteiger partial charge in [0.25, 0.3) is 0 Å². The monoisotopic (exact) mass is 276 g/mol. The van der Waals surface area contributed by atoms with Crippen molar-refractivity contribution in [2.75, 3.05) is 6.54 Å². The minimum Gasteiger partial charge on any atom is -0.308 e. The van der Waals surface area contributed by atoms with Gasteiger partial charge >= 0.3 is 0 Å². The average Bonchev–Trinajstić information content (AvgIpc) is 3.05. The summed E-state index contributed by atoms with van der Waals surface area (Å²) in [5.41, 5.74) is 2.68. The van der Waals surface area contributed by atoms with Crippen molar-refractivity contribution in [3.8, 4) is 11.3 Å². The summed E-state index contributed by atoms with van der Waals surface area (Å²) in [6, 6.07) is 2.76. The van der Waals surface area contributed by atoms with E-state index in [9.17, 15) is 0 Å². The summed E-state index contributed by atoms with van der Waals surface area (Å²) < 4.78 is 0. The van der Waals surface area contributed by atoms with Gasteiger partial charge in [-0.25, -0.2) is 4.98 Å². The maximum Gasteiger partial charge on any atom is 0.111 e. The fraction of sp³-hybridized carbons (Fsp3) is 0.500. The molecule has 2 nitrogen and oxygen atoms in total. The molecule has 0 bridgehead atoms. The number of aryl methyl sites for hydroxylation is 2. The molecule has 0 aromatic carbocycles. The Labute approximate surface area is 115 Å². The Hall–Kier alpha value is -0.710. The van der Waals surface area contributed by atoms with E-state index < -0.39 is 0 Å². The summed E-state index contributed by atoms with van der Waals surface area (Å²) in [4.78, 5) is 7.98. The lowest BCUT2D eigenvalue weighted by Crippen LogP contribution is -2.26. The normalized spacial score (nSPS) is 22.6. The Morgan fingerprint density at radius 1 is 1.22 bits per heavy atom. The molecule has 94 valence electrons. The average molecular weight is 276 g/mol. The molecule has 0 spiro atoms. The zero-order chi connectivity index (χ0) is 11.9. The van der Waals surface area contributed by atoms with Crippen molar-refractivity contribution in [3.05, 3.63) is 26.2 Å². The molecule has 0 radical (unpaired) electrons. The summed E-state index contributed by atoms with van der Waals surface area (Å²) in [6.45, 7) is 1.15. The van der Waals surface area contributed by atoms with E-state index in [1.165, 1.54) is 58.1 Å². The number of hydrogen-bond acceptors (Lipinski definition) is 4. The Bertz CT molecular complexity index is 564. The maximum atomic E-state index is 4.95. The zero-order valence-corrected chi connectivity index (χ0v) is 11.9. The number of aromatic nitrogens is 1. The van der Waals surface area contributed by atoms with Crippen molar-refractivity contribution in [1.82, 2.24) is 10.3 Å². The number of thiazole rings is 1. The molecule has 1 aliphatic heterocycles. The number of nitrogens with one attached hydrogen (secondary N) is 1. The fourth-order valence-electron chi connectivity index (χ4n) is 2.93. The van der Waals surface area contributed by atoms with Crippen LogP contribution in [0.15, 0.2) is 11.4 Å². The lowest BCUT2D eigenvalue weighted by atomic mass is 10.0. The van der Waals surface area contributed by atoms with Gasteiger partial charge in [-0.05, 0) is 43.7 Å². The Kier molecular flexibility index (Phi) is 2.75. The third kappa shape index (κ3) is 1.75. The van der Waals surface area contributed by atoms with Gasteiger partial charge < -0.3 is 5.32 Å². The molecule has 2 aromatic heterocycles. The van der Waals surface area contributed by atoms with Crippen molar-refractivity contribution < 1.29 is 0 Å². The molecule has 1 fully saturated rings. The van der Waals surface area contributed by atoms with E-state index in [1.807, 2.05) is 22.7 Å². The molecule has 2 aliphatic rings. The van der Waals surface area contributed by atoms with Crippen LogP contribution in [-0.4, -0.2) is 11.5 Å². The SMILES string of the molecule is c1cc2c(s1)CCc1sc(C3CCCCN3)nc1-2. The second kappa shape index (κ2) is 4.44. The van der Waals surface area contributed by atoms with E-state index in [2.05, 4.69) is 16.8 Å². The van der Waals surface area contributed by atoms with E-state index in [4.69, 9.17) is 4.98 Å². The summed E-state index contributed by atoms with van der Waals surface area (Å²) in [6.07, 6.45) is 6.30. The first-order valence-electron chi connectivity index (χ1n) is 6.71. The molecule has 0 saturated carbocycles. The summed E-state index contributed by atoms with van der Waals surface area (Å²) in [5.74, 6) is 0. The van der Waals surface area contributed by atoms with Crippen molar-refractivity contribution in [1.29, 1.82) is 0 Å². The molecule has 0 amide bonds. The Balaban J connectivity index is 1.73. The third-order valence-electron chi connectivity index (χ3n) is 3.90. The lowest BCUT2D eigenvalue weighted by molar-refractivity contribution is 0.411. The molecule has 2 aromatic rings. The van der Waals surface area contributed by atoms with Crippen molar-refractivity contribution in [2.24, 2.45) is 0 Å². The summed E-state index contributed by atoms with van der Waals surface area (Å²) in [5, 5.41) is 7.14. The van der Waals surface area contributed by atoms with Gasteiger partial charge in [-0.15, -0.1) is 22.7 Å². The van der Waals surface area contributed by atoms with Crippen LogP contribution in [0.3, 0.4) is 0 Å². The number of fused-ring (bicyclic) bond motifs is 3. The van der Waals surface area contributed by atoms with Crippen LogP contribution in [0.1, 0.15) is 40.1 Å². The molecule has 1 saturated heterocycles. The van der Waals surface area contributed by atoms with Gasteiger partial charge in [0.05, 0.1) is 11.7 Å². The Morgan fingerprint density at radius 2 is 2.17 bits per heavy atom. The molecule has 1 atom stereocenters. The van der Waals surface area contributed by atoms with Crippen molar-refractivity contribution in [2.45, 2.75) is 38.1 Å². The van der Waals surface area contributed by atoms with Crippen LogP contribution >= 0.6 is 22.7 Å². The summed E-state index contributed by atoms with van der Waals surface area (Å²) in [7, 11) is 0. The van der Waals surface area contributed by atoms with Crippen LogP contribution in [0, 0.1) is 0 Å². The number of thiophene rings is 1. The van der Waals surface area contributed by atoms with Gasteiger partial charge in [0.2, 0.25) is 0 Å². The smallest absolute Gasteiger partial charge is 0.111 e. The first kappa shape index (κ1) is 11.1. The van der Waals surface area contributed by atoms with Crippen LogP contribution in [0.25, 0.3) is 11.3 Å². The summed E-state index contributed by atoms with van der Waals surface area (Å²) >= 11 is 3.82. The van der Waals surface area contributed by atoms with Crippen LogP contribution in [-0.2, 0) is 12.8 Å². The van der Waals surface area contributed by atoms with E-state index in [-0.39, 0.29) is 0 Å². The predicted molar refractivity (Wildman–Crippen MR) is 77.4 cm³/mol. The standard InChI is InChI=1S/C14H16N2S2/c1-2-7-15-10(3-1)14-16-13-9-6-8-17-11(9)4-5-12(13)18-14/h6,8,10,15H,1-5,7H2. The van der Waals surface area contributed by atoms with Gasteiger partial charge in [-0.3, -0.25) is 0 Å². The lowest BCUT2D eigenvalue weighted by Gasteiger charge is -2.21. The number of hydrogen-bond donors (Lipinski definition) is 1. The molecule has 18 heavy (non-hydrogen) atoms. The molecule has 3 heterocycles. The molecule has 1 aliphatic carbocycles. The second-order valence-corrected chi connectivity index (χ2v) is 7.20. The van der Waals surface area contributed by atoms with Gasteiger partial charge in [0.15, 0.2) is 0 Å². The highest BCUT2D eigenvalue weighted by molar-refractivity contribution is 7.12. The van der Waals surface area contributed by atoms with E-state index in [0.29, 0.717) is 6.04 Å². The van der Waals surface area contributed by atoms with Crippen LogP contribution in [0.4, 0.5) is 0 Å². The minimum absolute atomic E-state index is 0.511. The first-order chi connectivity index (χ1) is 8.92. The highest BCUT2D eigenvalue weighted by Crippen LogP contribution is 2.40. The number of rotatable bonds is 1. The first-order valence-corrected chi connectivity index (χ1v) is 8.41. The molecular weight excluding hydrogens is 260 g/mol. The van der Waals surface area contributed by atoms with Crippen LogP contribution in [0.2, 0.25) is 0 Å². The Morgan fingerprint density at radius 3 is 3.06 bits per heavy atom. The van der Waals surface area contributed by atoms with E-state index in [1.54, 1.807) is 0 Å². The van der Waals surface area contributed by atoms with E-state index in [0.717, 1.165) is 6.54 Å². The molecule has 1 N–H and O–H groups in total. The largest absolute Gasteiger partial charge is 0.308 e. The fourth-order valence-corrected chi connectivity index (χ4v) is 5.00. The third-order valence-corrected chi connectivity index (χ3v) is 6.11. The number of piperidine rings is 1. The van der Waals surface area contributed by atoms with Gasteiger partial charge in [-0.1, -0.05) is 6.42 Å². The van der Waals surface area contributed by atoms with Crippen LogP contribution < -0.4 is 5.32 Å². The zero-order valence-electron chi connectivity index (χ0n) is 10.2. The van der Waals surface area contributed by atoms with Crippen molar-refractivity contribution in [3.63, 3.8) is 0 Å².